The van der Waals surface area contributed by atoms with E-state index in [0.717, 1.165) is 0 Å². The zero-order valence-corrected chi connectivity index (χ0v) is 14.9. The minimum Gasteiger partial charge on any atom is -0.460 e. The van der Waals surface area contributed by atoms with Crippen LogP contribution in [0.5, 0.6) is 0 Å². The third-order valence-electron chi connectivity index (χ3n) is 3.08. The number of hydrogen-bond donors (Lipinski definition) is 1. The molecule has 0 aromatic heterocycles. The van der Waals surface area contributed by atoms with Gasteiger partial charge in [-0.1, -0.05) is 13.8 Å². The van der Waals surface area contributed by atoms with Gasteiger partial charge in [0, 0.05) is 26.4 Å². The summed E-state index contributed by atoms with van der Waals surface area (Å²) >= 11 is 0. The lowest BCUT2D eigenvalue weighted by Gasteiger charge is -2.24. The molecule has 0 aromatic rings. The Kier molecular flexibility index (Phi) is 12.2. The molecule has 0 spiro atoms. The molecule has 0 unspecified atom stereocenters. The molecule has 2 N–H and O–H groups in total. The van der Waals surface area contributed by atoms with Crippen molar-refractivity contribution in [3.8, 4) is 0 Å². The number of hydrogen-bond acceptors (Lipinski definition) is 9. The molecule has 0 aliphatic rings. The van der Waals surface area contributed by atoms with Gasteiger partial charge in [0.2, 0.25) is 12.2 Å². The molecule has 0 aromatic carbocycles. The molecule has 144 valence electrons. The lowest BCUT2D eigenvalue weighted by Crippen LogP contribution is -2.46. The summed E-state index contributed by atoms with van der Waals surface area (Å²) in [7, 11) is 1.42. The minimum atomic E-state index is -1.66. The Hall–Kier alpha value is -2.00. The first-order valence-electron chi connectivity index (χ1n) is 8.18. The van der Waals surface area contributed by atoms with E-state index in [0.29, 0.717) is 6.42 Å². The first-order chi connectivity index (χ1) is 11.9. The van der Waals surface area contributed by atoms with Crippen LogP contribution in [0, 0.1) is 0 Å². The maximum atomic E-state index is 12.3. The lowest BCUT2D eigenvalue weighted by molar-refractivity contribution is -0.185. The number of carbonyl (C=O) groups is 4. The summed E-state index contributed by atoms with van der Waals surface area (Å²) in [4.78, 5) is 47.8. The van der Waals surface area contributed by atoms with Crippen molar-refractivity contribution >= 4 is 23.7 Å². The fourth-order valence-electron chi connectivity index (χ4n) is 1.71. The monoisotopic (exact) mass is 361 g/mol. The Morgan fingerprint density at radius 2 is 1.48 bits per heavy atom. The van der Waals surface area contributed by atoms with Crippen molar-refractivity contribution in [1.29, 1.82) is 0 Å². The Morgan fingerprint density at radius 3 is 1.96 bits per heavy atom. The predicted molar refractivity (Wildman–Crippen MR) is 86.5 cm³/mol. The molecule has 0 bridgehead atoms. The molecule has 25 heavy (non-hydrogen) atoms. The van der Waals surface area contributed by atoms with Crippen LogP contribution in [0.25, 0.3) is 0 Å². The summed E-state index contributed by atoms with van der Waals surface area (Å²) < 4.78 is 19.8. The Bertz CT molecular complexity index is 451. The second-order valence-corrected chi connectivity index (χ2v) is 5.05. The molecular formula is C16H27NO8. The topological polar surface area (TPSA) is 131 Å². The number of Topliss-reactive ketones (excluding diaryl/α,β-unsaturated/α-hetero) is 1. The van der Waals surface area contributed by atoms with Gasteiger partial charge >= 0.3 is 17.9 Å². The highest BCUT2D eigenvalue weighted by Crippen LogP contribution is 2.14. The van der Waals surface area contributed by atoms with Crippen LogP contribution in [0.1, 0.15) is 39.5 Å². The highest BCUT2D eigenvalue weighted by atomic mass is 16.6. The zero-order chi connectivity index (χ0) is 19.2. The van der Waals surface area contributed by atoms with Crippen LogP contribution in [0.4, 0.5) is 0 Å². The van der Waals surface area contributed by atoms with Gasteiger partial charge in [-0.25, -0.2) is 4.79 Å². The number of rotatable bonds is 13. The zero-order valence-electron chi connectivity index (χ0n) is 14.9. The highest BCUT2D eigenvalue weighted by Gasteiger charge is 2.40. The van der Waals surface area contributed by atoms with Gasteiger partial charge in [-0.05, 0) is 13.0 Å². The number of nitrogens with two attached hydrogens (primary N) is 1. The average Bonchev–Trinajstić information content (AvgIpc) is 2.61. The van der Waals surface area contributed by atoms with E-state index in [4.69, 9.17) is 24.7 Å². The third-order valence-corrected chi connectivity index (χ3v) is 3.08. The van der Waals surface area contributed by atoms with E-state index in [-0.39, 0.29) is 39.0 Å². The lowest BCUT2D eigenvalue weighted by atomic mass is 10.0. The van der Waals surface area contributed by atoms with Crippen molar-refractivity contribution in [3.63, 3.8) is 0 Å². The fourth-order valence-corrected chi connectivity index (χ4v) is 1.71. The molecule has 9 heteroatoms. The van der Waals surface area contributed by atoms with Crippen LogP contribution >= 0.6 is 0 Å². The normalized spacial score (nSPS) is 12.8. The molecule has 0 rings (SSSR count). The third kappa shape index (κ3) is 9.16. The molecule has 0 radical (unpaired) electrons. The molecule has 0 fully saturated rings. The standard InChI is InChI=1S/C16H27NO8/c1-4-12(19)24-14(11(18)7-6-8-17)15(25-13(20)5-2)16(21)23-10-9-22-3/h14-15H,4-10,17H2,1-3H3/t14-,15+/m0/s1. The van der Waals surface area contributed by atoms with Gasteiger partial charge in [0.05, 0.1) is 6.61 Å². The van der Waals surface area contributed by atoms with E-state index in [9.17, 15) is 19.2 Å². The second-order valence-electron chi connectivity index (χ2n) is 5.05. The predicted octanol–water partition coefficient (Wildman–Crippen LogP) is 0.128. The molecule has 0 saturated heterocycles. The largest absolute Gasteiger partial charge is 0.460 e. The smallest absolute Gasteiger partial charge is 0.352 e. The molecule has 0 saturated carbocycles. The van der Waals surface area contributed by atoms with Gasteiger partial charge in [0.25, 0.3) is 0 Å². The summed E-state index contributed by atoms with van der Waals surface area (Å²) in [5, 5.41) is 0. The first kappa shape index (κ1) is 23.0. The number of ketones is 1. The minimum absolute atomic E-state index is 0.00612. The molecule has 0 amide bonds. The van der Waals surface area contributed by atoms with Crippen molar-refractivity contribution in [3.05, 3.63) is 0 Å². The van der Waals surface area contributed by atoms with Gasteiger partial charge in [-0.15, -0.1) is 0 Å². The molecule has 0 heterocycles. The molecule has 2 atom stereocenters. The second kappa shape index (κ2) is 13.3. The number of carbonyl (C=O) groups excluding carboxylic acids is 4. The maximum Gasteiger partial charge on any atom is 0.352 e. The number of methoxy groups -OCH3 is 1. The van der Waals surface area contributed by atoms with Crippen LogP contribution in [0.2, 0.25) is 0 Å². The van der Waals surface area contributed by atoms with E-state index < -0.39 is 35.9 Å². The Balaban J connectivity index is 5.37. The van der Waals surface area contributed by atoms with E-state index in [1.807, 2.05) is 0 Å². The van der Waals surface area contributed by atoms with E-state index >= 15 is 0 Å². The van der Waals surface area contributed by atoms with Crippen molar-refractivity contribution in [2.45, 2.75) is 51.7 Å². The molecule has 0 aliphatic carbocycles. The SMILES string of the molecule is CCC(=O)O[C@@H](C(=O)CCCN)[C@@H](OC(=O)CC)C(=O)OCCOC. The van der Waals surface area contributed by atoms with Crippen molar-refractivity contribution in [1.82, 2.24) is 0 Å². The van der Waals surface area contributed by atoms with Gasteiger partial charge in [-0.3, -0.25) is 14.4 Å². The number of esters is 3. The van der Waals surface area contributed by atoms with E-state index in [1.165, 1.54) is 21.0 Å². The van der Waals surface area contributed by atoms with Gasteiger partial charge < -0.3 is 24.7 Å². The first-order valence-corrected chi connectivity index (χ1v) is 8.18. The Labute approximate surface area is 147 Å². The summed E-state index contributed by atoms with van der Waals surface area (Å²) in [6.07, 6.45) is -2.94. The van der Waals surface area contributed by atoms with Crippen LogP contribution in [0.3, 0.4) is 0 Å². The van der Waals surface area contributed by atoms with Crippen molar-refractivity contribution in [2.24, 2.45) is 5.73 Å². The summed E-state index contributed by atoms with van der Waals surface area (Å²) in [6, 6.07) is 0. The Morgan fingerprint density at radius 1 is 0.920 bits per heavy atom. The maximum absolute atomic E-state index is 12.3. The summed E-state index contributed by atoms with van der Waals surface area (Å²) in [5.41, 5.74) is 5.37. The van der Waals surface area contributed by atoms with Crippen LogP contribution in [0.15, 0.2) is 0 Å². The van der Waals surface area contributed by atoms with Gasteiger partial charge in [0.15, 0.2) is 5.78 Å². The molecule has 0 aliphatic heterocycles. The van der Waals surface area contributed by atoms with Gasteiger partial charge in [0.1, 0.15) is 6.61 Å². The van der Waals surface area contributed by atoms with Crippen LogP contribution in [-0.4, -0.2) is 62.8 Å². The molecule has 9 nitrogen and oxygen atoms in total. The average molecular weight is 361 g/mol. The van der Waals surface area contributed by atoms with Crippen molar-refractivity contribution in [2.75, 3.05) is 26.9 Å². The molecular weight excluding hydrogens is 334 g/mol. The fraction of sp³-hybridized carbons (Fsp3) is 0.750. The van der Waals surface area contributed by atoms with E-state index in [2.05, 4.69) is 0 Å². The van der Waals surface area contributed by atoms with Crippen LogP contribution in [-0.2, 0) is 38.1 Å². The summed E-state index contributed by atoms with van der Waals surface area (Å²) in [6.45, 7) is 3.34. The van der Waals surface area contributed by atoms with Crippen LogP contribution < -0.4 is 5.73 Å². The highest BCUT2D eigenvalue weighted by molar-refractivity contribution is 5.93. The van der Waals surface area contributed by atoms with Crippen molar-refractivity contribution < 1.29 is 38.1 Å². The van der Waals surface area contributed by atoms with E-state index in [1.54, 1.807) is 0 Å². The number of ether oxygens (including phenoxy) is 4. The van der Waals surface area contributed by atoms with Gasteiger partial charge in [-0.2, -0.15) is 0 Å². The quantitative estimate of drug-likeness (QED) is 0.276. The summed E-state index contributed by atoms with van der Waals surface area (Å²) in [5.74, 6) is -2.97.